The number of carbonyl (C=O) groups is 1. The molecule has 0 aliphatic heterocycles. The fourth-order valence-corrected chi connectivity index (χ4v) is 3.95. The lowest BCUT2D eigenvalue weighted by Crippen LogP contribution is -2.31. The number of thiophene rings is 1. The molecule has 2 atom stereocenters. The van der Waals surface area contributed by atoms with Crippen LogP contribution in [0.4, 0.5) is 5.69 Å². The molecule has 146 valence electrons. The van der Waals surface area contributed by atoms with Crippen LogP contribution in [0.3, 0.4) is 0 Å². The van der Waals surface area contributed by atoms with E-state index in [1.165, 1.54) is 10.4 Å². The highest BCUT2D eigenvalue weighted by Gasteiger charge is 2.17. The van der Waals surface area contributed by atoms with Crippen molar-refractivity contribution in [3.05, 3.63) is 81.3 Å². The van der Waals surface area contributed by atoms with Crippen molar-refractivity contribution in [3.8, 4) is 0 Å². The van der Waals surface area contributed by atoms with Crippen molar-refractivity contribution >= 4 is 34.5 Å². The fourth-order valence-electron chi connectivity index (χ4n) is 2.96. The predicted molar refractivity (Wildman–Crippen MR) is 117 cm³/mol. The Morgan fingerprint density at radius 3 is 2.54 bits per heavy atom. The van der Waals surface area contributed by atoms with Crippen molar-refractivity contribution in [2.24, 2.45) is 0 Å². The van der Waals surface area contributed by atoms with Crippen molar-refractivity contribution in [3.63, 3.8) is 0 Å². The van der Waals surface area contributed by atoms with E-state index in [2.05, 4.69) is 59.8 Å². The molecule has 2 N–H and O–H groups in total. The minimum Gasteiger partial charge on any atom is -0.322 e. The van der Waals surface area contributed by atoms with Crippen molar-refractivity contribution in [2.45, 2.75) is 32.2 Å². The van der Waals surface area contributed by atoms with Crippen LogP contribution in [0.25, 0.3) is 0 Å². The highest BCUT2D eigenvalue weighted by atomic mass is 35.5. The molecule has 0 unspecified atom stereocenters. The van der Waals surface area contributed by atoms with E-state index in [1.54, 1.807) is 29.7 Å². The SMILES string of the molecule is CC[C@H](C)c1ccc([C@@H](NCC(=O)Nc2cccnc2Cl)c2cccs2)cc1. The zero-order chi connectivity index (χ0) is 19.9. The van der Waals surface area contributed by atoms with Crippen molar-refractivity contribution in [1.82, 2.24) is 10.3 Å². The number of anilines is 1. The van der Waals surface area contributed by atoms with Gasteiger partial charge in [0.2, 0.25) is 5.91 Å². The second kappa shape index (κ2) is 9.82. The Morgan fingerprint density at radius 1 is 1.14 bits per heavy atom. The summed E-state index contributed by atoms with van der Waals surface area (Å²) in [7, 11) is 0. The maximum atomic E-state index is 12.4. The van der Waals surface area contributed by atoms with Crippen LogP contribution in [-0.2, 0) is 4.79 Å². The standard InChI is InChI=1S/C22H24ClN3OS/c1-3-15(2)16-8-10-17(11-9-16)21(19-7-5-13-28-19)25-14-20(27)26-18-6-4-12-24-22(18)23/h4-13,15,21,25H,3,14H2,1-2H3,(H,26,27)/t15-,21+/m0/s1. The van der Waals surface area contributed by atoms with Gasteiger partial charge in [0, 0.05) is 11.1 Å². The van der Waals surface area contributed by atoms with Crippen LogP contribution in [-0.4, -0.2) is 17.4 Å². The number of pyridine rings is 1. The molecule has 0 aliphatic rings. The monoisotopic (exact) mass is 413 g/mol. The van der Waals surface area contributed by atoms with Crippen LogP contribution in [0.2, 0.25) is 5.15 Å². The first-order valence-electron chi connectivity index (χ1n) is 9.35. The Bertz CT molecular complexity index is 896. The van der Waals surface area contributed by atoms with E-state index < -0.39 is 0 Å². The average molecular weight is 414 g/mol. The summed E-state index contributed by atoms with van der Waals surface area (Å²) in [5, 5.41) is 8.51. The maximum Gasteiger partial charge on any atom is 0.238 e. The lowest BCUT2D eigenvalue weighted by molar-refractivity contribution is -0.115. The first kappa shape index (κ1) is 20.5. The van der Waals surface area contributed by atoms with E-state index in [-0.39, 0.29) is 23.6 Å². The Labute approximate surface area is 175 Å². The topological polar surface area (TPSA) is 54.0 Å². The molecule has 0 spiro atoms. The molecule has 0 saturated heterocycles. The molecule has 28 heavy (non-hydrogen) atoms. The Morgan fingerprint density at radius 2 is 1.89 bits per heavy atom. The molecule has 3 rings (SSSR count). The zero-order valence-electron chi connectivity index (χ0n) is 16.0. The van der Waals surface area contributed by atoms with E-state index in [4.69, 9.17) is 11.6 Å². The number of aromatic nitrogens is 1. The third-order valence-electron chi connectivity index (χ3n) is 4.78. The molecular weight excluding hydrogens is 390 g/mol. The number of nitrogens with one attached hydrogen (secondary N) is 2. The number of hydrogen-bond acceptors (Lipinski definition) is 4. The van der Waals surface area contributed by atoms with Gasteiger partial charge in [-0.05, 0) is 47.0 Å². The summed E-state index contributed by atoms with van der Waals surface area (Å²) in [6.45, 7) is 4.60. The van der Waals surface area contributed by atoms with Crippen molar-refractivity contribution < 1.29 is 4.79 Å². The van der Waals surface area contributed by atoms with Crippen LogP contribution >= 0.6 is 22.9 Å². The smallest absolute Gasteiger partial charge is 0.238 e. The number of nitrogens with zero attached hydrogens (tertiary/aromatic N) is 1. The van der Waals surface area contributed by atoms with E-state index in [0.29, 0.717) is 11.6 Å². The molecule has 3 aromatic rings. The van der Waals surface area contributed by atoms with Gasteiger partial charge in [-0.25, -0.2) is 4.98 Å². The Hall–Kier alpha value is -2.21. The molecule has 1 aromatic carbocycles. The van der Waals surface area contributed by atoms with E-state index in [9.17, 15) is 4.79 Å². The fraction of sp³-hybridized carbons (Fsp3) is 0.273. The summed E-state index contributed by atoms with van der Waals surface area (Å²) < 4.78 is 0. The molecule has 0 saturated carbocycles. The third kappa shape index (κ3) is 5.19. The van der Waals surface area contributed by atoms with E-state index >= 15 is 0 Å². The summed E-state index contributed by atoms with van der Waals surface area (Å²) in [5.74, 6) is 0.380. The van der Waals surface area contributed by atoms with Crippen LogP contribution in [0.1, 0.15) is 48.2 Å². The van der Waals surface area contributed by atoms with Gasteiger partial charge in [-0.15, -0.1) is 11.3 Å². The van der Waals surface area contributed by atoms with Crippen molar-refractivity contribution in [1.29, 1.82) is 0 Å². The molecule has 0 aliphatic carbocycles. The third-order valence-corrected chi connectivity index (χ3v) is 6.02. The molecule has 1 amide bonds. The van der Waals surface area contributed by atoms with Gasteiger partial charge in [0.15, 0.2) is 5.15 Å². The minimum atomic E-state index is -0.160. The number of benzene rings is 1. The Balaban J connectivity index is 1.71. The zero-order valence-corrected chi connectivity index (χ0v) is 17.6. The molecule has 4 nitrogen and oxygen atoms in total. The van der Waals surface area contributed by atoms with E-state index in [0.717, 1.165) is 12.0 Å². The molecule has 0 radical (unpaired) electrons. The number of halogens is 1. The van der Waals surface area contributed by atoms with Gasteiger partial charge in [0.05, 0.1) is 18.3 Å². The second-order valence-electron chi connectivity index (χ2n) is 6.70. The maximum absolute atomic E-state index is 12.4. The van der Waals surface area contributed by atoms with Crippen molar-refractivity contribution in [2.75, 3.05) is 11.9 Å². The lowest BCUT2D eigenvalue weighted by atomic mass is 9.95. The molecule has 2 heterocycles. The van der Waals surface area contributed by atoms with Crippen LogP contribution in [0, 0.1) is 0 Å². The highest BCUT2D eigenvalue weighted by Crippen LogP contribution is 2.28. The lowest BCUT2D eigenvalue weighted by Gasteiger charge is -2.19. The number of amides is 1. The average Bonchev–Trinajstić information content (AvgIpc) is 3.24. The van der Waals surface area contributed by atoms with Crippen LogP contribution in [0.15, 0.2) is 60.1 Å². The molecule has 6 heteroatoms. The van der Waals surface area contributed by atoms with Gasteiger partial charge in [-0.1, -0.05) is 55.8 Å². The molecule has 0 fully saturated rings. The highest BCUT2D eigenvalue weighted by molar-refractivity contribution is 7.10. The summed E-state index contributed by atoms with van der Waals surface area (Å²) in [5.41, 5.74) is 2.99. The normalized spacial score (nSPS) is 13.1. The van der Waals surface area contributed by atoms with Gasteiger partial charge in [-0.3, -0.25) is 10.1 Å². The summed E-state index contributed by atoms with van der Waals surface area (Å²) >= 11 is 7.69. The number of carbonyl (C=O) groups excluding carboxylic acids is 1. The first-order valence-corrected chi connectivity index (χ1v) is 10.6. The molecular formula is C22H24ClN3OS. The van der Waals surface area contributed by atoms with Gasteiger partial charge in [0.1, 0.15) is 0 Å². The minimum absolute atomic E-state index is 0.0406. The predicted octanol–water partition coefficient (Wildman–Crippen LogP) is 5.63. The summed E-state index contributed by atoms with van der Waals surface area (Å²) in [4.78, 5) is 17.5. The van der Waals surface area contributed by atoms with Gasteiger partial charge < -0.3 is 5.32 Å². The largest absolute Gasteiger partial charge is 0.322 e. The summed E-state index contributed by atoms with van der Waals surface area (Å²) in [6.07, 6.45) is 2.70. The molecule has 2 aromatic heterocycles. The van der Waals surface area contributed by atoms with Gasteiger partial charge in [0.25, 0.3) is 0 Å². The number of hydrogen-bond donors (Lipinski definition) is 2. The van der Waals surface area contributed by atoms with Crippen LogP contribution < -0.4 is 10.6 Å². The van der Waals surface area contributed by atoms with Gasteiger partial charge >= 0.3 is 0 Å². The molecule has 0 bridgehead atoms. The van der Waals surface area contributed by atoms with E-state index in [1.807, 2.05) is 11.4 Å². The quantitative estimate of drug-likeness (QED) is 0.470. The summed E-state index contributed by atoms with van der Waals surface area (Å²) in [6, 6.07) is 16.2. The van der Waals surface area contributed by atoms with Crippen LogP contribution in [0.5, 0.6) is 0 Å². The second-order valence-corrected chi connectivity index (χ2v) is 8.03. The Kier molecular flexibility index (Phi) is 7.20. The van der Waals surface area contributed by atoms with Gasteiger partial charge in [-0.2, -0.15) is 0 Å². The number of rotatable bonds is 8. The first-order chi connectivity index (χ1) is 13.6.